The topological polar surface area (TPSA) is 111 Å². The van der Waals surface area contributed by atoms with Gasteiger partial charge in [0.05, 0.1) is 23.7 Å². The van der Waals surface area contributed by atoms with Gasteiger partial charge >= 0.3 is 0 Å². The maximum atomic E-state index is 12.6. The number of ether oxygens (including phenoxy) is 1. The number of hydrogen-bond acceptors (Lipinski definition) is 9. The van der Waals surface area contributed by atoms with Gasteiger partial charge < -0.3 is 20.5 Å². The Balaban J connectivity index is 1.58. The monoisotopic (exact) mass is 527 g/mol. The van der Waals surface area contributed by atoms with Gasteiger partial charge in [-0.15, -0.1) is 10.6 Å². The fraction of sp³-hybridized carbons (Fsp3) is 0.143. The average Bonchev–Trinajstić information content (AvgIpc) is 3.61. The number of nitrogens with two attached hydrogens (primary N) is 1. The zero-order valence-corrected chi connectivity index (χ0v) is 21.4. The SMILES string of the molecule is C=CN(C)/C(=C\N)C(O)(c1ccc2c(c1)CCO2)c1ccc2c(c1)C(c1cccc(Cl)c1)=NC1=NNNN12. The lowest BCUT2D eigenvalue weighted by Crippen LogP contribution is -2.44. The molecule has 3 aromatic carbocycles. The van der Waals surface area contributed by atoms with Crippen LogP contribution in [0.4, 0.5) is 5.69 Å². The van der Waals surface area contributed by atoms with E-state index in [0.717, 1.165) is 34.5 Å². The normalized spacial score (nSPS) is 17.2. The minimum Gasteiger partial charge on any atom is -0.493 e. The van der Waals surface area contributed by atoms with Gasteiger partial charge in [-0.2, -0.15) is 0 Å². The van der Waals surface area contributed by atoms with Gasteiger partial charge in [-0.25, -0.2) is 15.5 Å². The first-order valence-corrected chi connectivity index (χ1v) is 12.5. The number of hydrogen-bond donors (Lipinski definition) is 4. The Morgan fingerprint density at radius 3 is 2.82 bits per heavy atom. The van der Waals surface area contributed by atoms with Crippen molar-refractivity contribution in [2.24, 2.45) is 15.8 Å². The number of nitrogens with one attached hydrogen (secondary N) is 2. The second-order valence-electron chi connectivity index (χ2n) is 9.15. The number of guanidine groups is 1. The van der Waals surface area contributed by atoms with Crippen molar-refractivity contribution in [3.05, 3.63) is 118 Å². The van der Waals surface area contributed by atoms with E-state index in [2.05, 4.69) is 22.7 Å². The van der Waals surface area contributed by atoms with Crippen molar-refractivity contribution in [1.82, 2.24) is 16.0 Å². The van der Waals surface area contributed by atoms with Gasteiger partial charge in [-0.3, -0.25) is 0 Å². The summed E-state index contributed by atoms with van der Waals surface area (Å²) in [5.41, 5.74) is 16.1. The molecule has 0 bridgehead atoms. The van der Waals surface area contributed by atoms with Crippen molar-refractivity contribution in [3.63, 3.8) is 0 Å². The molecule has 9 nitrogen and oxygen atoms in total. The lowest BCUT2D eigenvalue weighted by Gasteiger charge is -2.37. The highest BCUT2D eigenvalue weighted by Crippen LogP contribution is 2.42. The van der Waals surface area contributed by atoms with Crippen LogP contribution in [0.2, 0.25) is 5.02 Å². The van der Waals surface area contributed by atoms with E-state index in [1.807, 2.05) is 60.7 Å². The number of likely N-dealkylation sites (N-methyl/N-ethyl adjacent to an activating group) is 1. The van der Waals surface area contributed by atoms with E-state index in [-0.39, 0.29) is 0 Å². The molecule has 0 saturated heterocycles. The Morgan fingerprint density at radius 2 is 2.03 bits per heavy atom. The number of aliphatic hydroxyl groups is 1. The standard InChI is InChI=1S/C28H26ClN7O2/c1-3-35(2)25(16-30)28(37,19-8-10-24-17(13-19)11-12-38-24)20-7-9-23-22(15-20)26(18-5-4-6-21(29)14-18)31-27-32-33-34-36(23)27/h3-10,13-16,33-34,37H,1,11-12,30H2,2H3/b25-16-. The predicted octanol–water partition coefficient (Wildman–Crippen LogP) is 3.34. The summed E-state index contributed by atoms with van der Waals surface area (Å²) < 4.78 is 5.71. The molecule has 3 heterocycles. The molecule has 0 fully saturated rings. The molecule has 0 spiro atoms. The van der Waals surface area contributed by atoms with E-state index in [1.165, 1.54) is 6.20 Å². The van der Waals surface area contributed by atoms with E-state index in [0.29, 0.717) is 40.1 Å². The van der Waals surface area contributed by atoms with Crippen molar-refractivity contribution >= 4 is 29.0 Å². The Morgan fingerprint density at radius 1 is 1.21 bits per heavy atom. The number of nitrogens with zero attached hydrogens (tertiary/aromatic N) is 4. The molecule has 1 atom stereocenters. The second-order valence-corrected chi connectivity index (χ2v) is 9.59. The van der Waals surface area contributed by atoms with Crippen LogP contribution in [-0.2, 0) is 12.0 Å². The van der Waals surface area contributed by atoms with Crippen molar-refractivity contribution in [3.8, 4) is 5.75 Å². The minimum atomic E-state index is -1.62. The van der Waals surface area contributed by atoms with Crippen molar-refractivity contribution < 1.29 is 9.84 Å². The van der Waals surface area contributed by atoms with E-state index in [9.17, 15) is 5.11 Å². The van der Waals surface area contributed by atoms with Crippen LogP contribution in [0.1, 0.15) is 27.8 Å². The highest BCUT2D eigenvalue weighted by atomic mass is 35.5. The molecule has 5 N–H and O–H groups in total. The number of halogens is 1. The van der Waals surface area contributed by atoms with Gasteiger partial charge in [0.1, 0.15) is 5.75 Å². The molecule has 6 rings (SSSR count). The highest BCUT2D eigenvalue weighted by molar-refractivity contribution is 6.32. The lowest BCUT2D eigenvalue weighted by atomic mass is 9.80. The molecule has 0 aromatic heterocycles. The Labute approximate surface area is 225 Å². The molecule has 0 aliphatic carbocycles. The summed E-state index contributed by atoms with van der Waals surface area (Å²) in [6, 6.07) is 18.9. The average molecular weight is 528 g/mol. The molecule has 3 aromatic rings. The van der Waals surface area contributed by atoms with Gasteiger partial charge in [-0.1, -0.05) is 42.4 Å². The Hall–Kier alpha value is -4.31. The first-order valence-electron chi connectivity index (χ1n) is 12.1. The highest BCUT2D eigenvalue weighted by Gasteiger charge is 2.40. The predicted molar refractivity (Wildman–Crippen MR) is 149 cm³/mol. The molecule has 38 heavy (non-hydrogen) atoms. The van der Waals surface area contributed by atoms with Gasteiger partial charge in [0, 0.05) is 35.8 Å². The molecule has 10 heteroatoms. The summed E-state index contributed by atoms with van der Waals surface area (Å²) in [5.74, 6) is 1.29. The van der Waals surface area contributed by atoms with Crippen molar-refractivity contribution in [1.29, 1.82) is 0 Å². The molecular weight excluding hydrogens is 502 g/mol. The van der Waals surface area contributed by atoms with Gasteiger partial charge in [0.25, 0.3) is 5.96 Å². The summed E-state index contributed by atoms with van der Waals surface area (Å²) >= 11 is 6.34. The minimum absolute atomic E-state index is 0.451. The first-order chi connectivity index (χ1) is 18.4. The zero-order valence-electron chi connectivity index (χ0n) is 20.6. The van der Waals surface area contributed by atoms with Crippen LogP contribution in [0.15, 0.2) is 95.4 Å². The van der Waals surface area contributed by atoms with Gasteiger partial charge in [0.15, 0.2) is 5.60 Å². The van der Waals surface area contributed by atoms with Crippen LogP contribution in [0.3, 0.4) is 0 Å². The molecule has 3 aliphatic heterocycles. The second kappa shape index (κ2) is 9.21. The Bertz CT molecular complexity index is 1550. The van der Waals surface area contributed by atoms with Crippen LogP contribution >= 0.6 is 11.6 Å². The summed E-state index contributed by atoms with van der Waals surface area (Å²) in [7, 11) is 1.80. The molecule has 1 unspecified atom stereocenters. The van der Waals surface area contributed by atoms with Crippen molar-refractivity contribution in [2.75, 3.05) is 18.7 Å². The Kier molecular flexibility index (Phi) is 5.83. The number of hydrazone groups is 1. The molecule has 0 radical (unpaired) electrons. The smallest absolute Gasteiger partial charge is 0.265 e. The van der Waals surface area contributed by atoms with E-state index >= 15 is 0 Å². The number of hydrazine groups is 2. The first kappa shape index (κ1) is 24.1. The molecule has 0 amide bonds. The van der Waals surface area contributed by atoms with Gasteiger partial charge in [-0.05, 0) is 59.3 Å². The lowest BCUT2D eigenvalue weighted by molar-refractivity contribution is 0.0966. The third-order valence-corrected chi connectivity index (χ3v) is 7.26. The summed E-state index contributed by atoms with van der Waals surface area (Å²) in [6.45, 7) is 4.50. The van der Waals surface area contributed by atoms with Crippen molar-refractivity contribution in [2.45, 2.75) is 12.0 Å². The molecule has 0 saturated carbocycles. The number of aliphatic imine (C=N–C) groups is 1. The molecule has 192 valence electrons. The number of rotatable bonds is 6. The third kappa shape index (κ3) is 3.71. The van der Waals surface area contributed by atoms with Crippen LogP contribution in [0, 0.1) is 0 Å². The van der Waals surface area contributed by atoms with E-state index in [4.69, 9.17) is 27.1 Å². The van der Waals surface area contributed by atoms with Crippen LogP contribution in [0.5, 0.6) is 5.75 Å². The maximum Gasteiger partial charge on any atom is 0.265 e. The summed E-state index contributed by atoms with van der Waals surface area (Å²) in [6.07, 6.45) is 3.79. The number of anilines is 1. The largest absolute Gasteiger partial charge is 0.493 e. The summed E-state index contributed by atoms with van der Waals surface area (Å²) in [4.78, 5) is 6.51. The zero-order chi connectivity index (χ0) is 26.4. The fourth-order valence-electron chi connectivity index (χ4n) is 5.10. The number of fused-ring (bicyclic) bond motifs is 4. The fourth-order valence-corrected chi connectivity index (χ4v) is 5.29. The quantitative estimate of drug-likeness (QED) is 0.389. The van der Waals surface area contributed by atoms with Crippen LogP contribution in [0.25, 0.3) is 0 Å². The third-order valence-electron chi connectivity index (χ3n) is 7.03. The maximum absolute atomic E-state index is 12.6. The number of benzene rings is 3. The van der Waals surface area contributed by atoms with E-state index in [1.54, 1.807) is 23.2 Å². The van der Waals surface area contributed by atoms with Gasteiger partial charge in [0.2, 0.25) is 0 Å². The van der Waals surface area contributed by atoms with E-state index < -0.39 is 5.60 Å². The summed E-state index contributed by atoms with van der Waals surface area (Å²) in [5, 5.41) is 19.2. The molecule has 3 aliphatic rings. The molecular formula is C28H26ClN7O2. The van der Waals surface area contributed by atoms with Crippen LogP contribution in [-0.4, -0.2) is 35.3 Å². The van der Waals surface area contributed by atoms with Crippen LogP contribution < -0.4 is 26.5 Å².